The number of carboxylic acid groups (broad SMARTS) is 1. The topological polar surface area (TPSA) is 102 Å². The van der Waals surface area contributed by atoms with E-state index in [1.165, 1.54) is 10.9 Å². The maximum absolute atomic E-state index is 12.6. The van der Waals surface area contributed by atoms with Gasteiger partial charge in [0.1, 0.15) is 5.69 Å². The zero-order valence-electron chi connectivity index (χ0n) is 13.1. The van der Waals surface area contributed by atoms with E-state index in [-0.39, 0.29) is 30.8 Å². The Hall–Kier alpha value is -2.38. The number of amides is 1. The lowest BCUT2D eigenvalue weighted by Gasteiger charge is -2.31. The van der Waals surface area contributed by atoms with Crippen LogP contribution in [0.3, 0.4) is 0 Å². The Bertz CT molecular complexity index is 583. The number of likely N-dealkylation sites (tertiary alicyclic amines) is 1. The summed E-state index contributed by atoms with van der Waals surface area (Å²) in [5.41, 5.74) is 0.343. The van der Waals surface area contributed by atoms with Crippen molar-refractivity contribution < 1.29 is 24.2 Å². The molecule has 1 aliphatic rings. The van der Waals surface area contributed by atoms with Gasteiger partial charge in [0.25, 0.3) is 5.91 Å². The molecule has 0 aromatic carbocycles. The van der Waals surface area contributed by atoms with Gasteiger partial charge in [0.15, 0.2) is 0 Å². The van der Waals surface area contributed by atoms with Crippen molar-refractivity contribution in [2.45, 2.75) is 32.7 Å². The number of carboxylic acids is 1. The summed E-state index contributed by atoms with van der Waals surface area (Å²) in [7, 11) is 0. The zero-order valence-corrected chi connectivity index (χ0v) is 13.1. The van der Waals surface area contributed by atoms with Crippen LogP contribution in [-0.2, 0) is 20.9 Å². The fourth-order valence-electron chi connectivity index (χ4n) is 2.67. The quantitative estimate of drug-likeness (QED) is 0.776. The molecular weight excluding hydrogens is 302 g/mol. The molecule has 0 bridgehead atoms. The fraction of sp³-hybridized carbons (Fsp3) is 0.600. The van der Waals surface area contributed by atoms with Gasteiger partial charge in [-0.05, 0) is 25.8 Å². The van der Waals surface area contributed by atoms with Crippen LogP contribution in [0.2, 0.25) is 0 Å². The second-order valence-electron chi connectivity index (χ2n) is 5.43. The maximum atomic E-state index is 12.6. The third-order valence-electron chi connectivity index (χ3n) is 3.80. The first-order valence-electron chi connectivity index (χ1n) is 7.72. The molecule has 1 aliphatic heterocycles. The molecular formula is C15H21N3O5. The van der Waals surface area contributed by atoms with Crippen LogP contribution in [-0.4, -0.2) is 57.3 Å². The summed E-state index contributed by atoms with van der Waals surface area (Å²) in [5.74, 6) is -1.76. The first-order valence-corrected chi connectivity index (χ1v) is 7.72. The van der Waals surface area contributed by atoms with Crippen LogP contribution in [0.5, 0.6) is 0 Å². The van der Waals surface area contributed by atoms with Gasteiger partial charge in [0, 0.05) is 19.3 Å². The molecule has 1 saturated heterocycles. The molecule has 1 atom stereocenters. The molecule has 2 rings (SSSR count). The van der Waals surface area contributed by atoms with Gasteiger partial charge in [0.2, 0.25) is 0 Å². The molecule has 0 radical (unpaired) electrons. The zero-order chi connectivity index (χ0) is 16.8. The van der Waals surface area contributed by atoms with Crippen molar-refractivity contribution in [1.29, 1.82) is 0 Å². The van der Waals surface area contributed by atoms with E-state index in [0.717, 1.165) is 6.42 Å². The molecule has 1 unspecified atom stereocenters. The van der Waals surface area contributed by atoms with Crippen LogP contribution in [0.1, 0.15) is 36.7 Å². The first kappa shape index (κ1) is 17.0. The summed E-state index contributed by atoms with van der Waals surface area (Å²) in [5, 5.41) is 12.8. The first-order chi connectivity index (χ1) is 11.0. The van der Waals surface area contributed by atoms with Crippen LogP contribution in [0.4, 0.5) is 0 Å². The Labute approximate surface area is 134 Å². The van der Waals surface area contributed by atoms with E-state index in [9.17, 15) is 14.4 Å². The average molecular weight is 323 g/mol. The van der Waals surface area contributed by atoms with Gasteiger partial charge in [-0.25, -0.2) is 0 Å². The van der Waals surface area contributed by atoms with Crippen molar-refractivity contribution in [3.05, 3.63) is 18.0 Å². The smallest absolute Gasteiger partial charge is 0.310 e. The standard InChI is InChI=1S/C15H21N3O5/c1-2-23-15(22)11-4-3-8-17(10-11)14(21)12-5-7-16-18(12)9-6-13(19)20/h5,7,11H,2-4,6,8-10H2,1H3,(H,19,20). The van der Waals surface area contributed by atoms with E-state index < -0.39 is 5.97 Å². The third-order valence-corrected chi connectivity index (χ3v) is 3.80. The highest BCUT2D eigenvalue weighted by Gasteiger charge is 2.30. The number of hydrogen-bond donors (Lipinski definition) is 1. The summed E-state index contributed by atoms with van der Waals surface area (Å²) < 4.78 is 6.42. The van der Waals surface area contributed by atoms with E-state index in [4.69, 9.17) is 9.84 Å². The van der Waals surface area contributed by atoms with Crippen molar-refractivity contribution in [3.63, 3.8) is 0 Å². The van der Waals surface area contributed by atoms with Crippen molar-refractivity contribution >= 4 is 17.8 Å². The minimum absolute atomic E-state index is 0.104. The number of ether oxygens (including phenoxy) is 1. The Morgan fingerprint density at radius 1 is 1.43 bits per heavy atom. The molecule has 1 fully saturated rings. The maximum Gasteiger partial charge on any atom is 0.310 e. The average Bonchev–Trinajstić information content (AvgIpc) is 3.01. The molecule has 0 aliphatic carbocycles. The molecule has 23 heavy (non-hydrogen) atoms. The number of aromatic nitrogens is 2. The fourth-order valence-corrected chi connectivity index (χ4v) is 2.67. The van der Waals surface area contributed by atoms with Gasteiger partial charge >= 0.3 is 11.9 Å². The molecule has 1 aromatic rings. The van der Waals surface area contributed by atoms with Gasteiger partial charge < -0.3 is 14.7 Å². The van der Waals surface area contributed by atoms with Gasteiger partial charge in [0.05, 0.1) is 25.5 Å². The number of nitrogens with zero attached hydrogens (tertiary/aromatic N) is 3. The van der Waals surface area contributed by atoms with E-state index in [1.807, 2.05) is 0 Å². The lowest BCUT2D eigenvalue weighted by molar-refractivity contribution is -0.149. The molecule has 1 amide bonds. The van der Waals surface area contributed by atoms with Gasteiger partial charge in [-0.2, -0.15) is 5.10 Å². The minimum atomic E-state index is -0.945. The van der Waals surface area contributed by atoms with Crippen LogP contribution >= 0.6 is 0 Å². The van der Waals surface area contributed by atoms with Crippen LogP contribution in [0, 0.1) is 5.92 Å². The minimum Gasteiger partial charge on any atom is -0.481 e. The van der Waals surface area contributed by atoms with Crippen molar-refractivity contribution in [2.24, 2.45) is 5.92 Å². The Morgan fingerprint density at radius 2 is 2.22 bits per heavy atom. The number of aliphatic carboxylic acids is 1. The Kier molecular flexibility index (Phi) is 5.72. The summed E-state index contributed by atoms with van der Waals surface area (Å²) in [4.78, 5) is 36.8. The molecule has 126 valence electrons. The lowest BCUT2D eigenvalue weighted by Crippen LogP contribution is -2.43. The number of rotatable bonds is 6. The molecule has 1 aromatic heterocycles. The number of esters is 1. The predicted octanol–water partition coefficient (Wildman–Crippen LogP) is 0.773. The SMILES string of the molecule is CCOC(=O)C1CCCN(C(=O)c2ccnn2CCC(=O)O)C1. The molecule has 8 nitrogen and oxygen atoms in total. The van der Waals surface area contributed by atoms with E-state index >= 15 is 0 Å². The second kappa shape index (κ2) is 7.75. The third kappa shape index (κ3) is 4.30. The highest BCUT2D eigenvalue weighted by atomic mass is 16.5. The lowest BCUT2D eigenvalue weighted by atomic mass is 9.98. The number of aryl methyl sites for hydroxylation is 1. The number of hydrogen-bond acceptors (Lipinski definition) is 5. The van der Waals surface area contributed by atoms with E-state index in [1.54, 1.807) is 17.9 Å². The molecule has 0 saturated carbocycles. The summed E-state index contributed by atoms with van der Waals surface area (Å²) in [6.07, 6.45) is 2.81. The van der Waals surface area contributed by atoms with Crippen LogP contribution < -0.4 is 0 Å². The summed E-state index contributed by atoms with van der Waals surface area (Å²) in [6.45, 7) is 3.11. The number of carbonyl (C=O) groups excluding carboxylic acids is 2. The van der Waals surface area contributed by atoms with Crippen molar-refractivity contribution in [3.8, 4) is 0 Å². The molecule has 0 spiro atoms. The second-order valence-corrected chi connectivity index (χ2v) is 5.43. The summed E-state index contributed by atoms with van der Waals surface area (Å²) in [6, 6.07) is 1.57. The van der Waals surface area contributed by atoms with E-state index in [2.05, 4.69) is 5.10 Å². The van der Waals surface area contributed by atoms with Crippen molar-refractivity contribution in [2.75, 3.05) is 19.7 Å². The molecule has 8 heteroatoms. The highest BCUT2D eigenvalue weighted by Crippen LogP contribution is 2.20. The van der Waals surface area contributed by atoms with E-state index in [0.29, 0.717) is 31.8 Å². The Morgan fingerprint density at radius 3 is 2.91 bits per heavy atom. The van der Waals surface area contributed by atoms with Gasteiger partial charge in [-0.3, -0.25) is 19.1 Å². The summed E-state index contributed by atoms with van der Waals surface area (Å²) >= 11 is 0. The number of piperidine rings is 1. The van der Waals surface area contributed by atoms with Crippen molar-refractivity contribution in [1.82, 2.24) is 14.7 Å². The van der Waals surface area contributed by atoms with Crippen LogP contribution in [0.15, 0.2) is 12.3 Å². The molecule has 2 heterocycles. The van der Waals surface area contributed by atoms with Crippen LogP contribution in [0.25, 0.3) is 0 Å². The largest absolute Gasteiger partial charge is 0.481 e. The normalized spacial score (nSPS) is 17.8. The predicted molar refractivity (Wildman–Crippen MR) is 79.7 cm³/mol. The Balaban J connectivity index is 2.04. The monoisotopic (exact) mass is 323 g/mol. The van der Waals surface area contributed by atoms with Gasteiger partial charge in [-0.15, -0.1) is 0 Å². The number of carbonyl (C=O) groups is 3. The highest BCUT2D eigenvalue weighted by molar-refractivity contribution is 5.93. The van der Waals surface area contributed by atoms with Gasteiger partial charge in [-0.1, -0.05) is 0 Å². The molecule has 1 N–H and O–H groups in total.